The number of aryl methyl sites for hydroxylation is 2. The molecule has 1 N–H and O–H groups in total. The Balaban J connectivity index is 1.68. The van der Waals surface area contributed by atoms with Crippen molar-refractivity contribution >= 4 is 28.9 Å². The van der Waals surface area contributed by atoms with E-state index in [1.165, 1.54) is 0 Å². The normalized spacial score (nSPS) is 17.7. The van der Waals surface area contributed by atoms with E-state index in [0.717, 1.165) is 16.9 Å². The van der Waals surface area contributed by atoms with Crippen molar-refractivity contribution in [1.82, 2.24) is 9.78 Å². The lowest BCUT2D eigenvalue weighted by Gasteiger charge is -2.38. The van der Waals surface area contributed by atoms with Crippen molar-refractivity contribution in [3.63, 3.8) is 0 Å². The van der Waals surface area contributed by atoms with Gasteiger partial charge in [0.15, 0.2) is 11.5 Å². The molecule has 2 aliphatic rings. The van der Waals surface area contributed by atoms with Gasteiger partial charge in [0.25, 0.3) is 5.91 Å². The van der Waals surface area contributed by atoms with Gasteiger partial charge in [-0.3, -0.25) is 14.4 Å². The Hall–Kier alpha value is -3.19. The van der Waals surface area contributed by atoms with Crippen molar-refractivity contribution in [2.75, 3.05) is 23.4 Å². The number of nitrogens with zero attached hydrogens (tertiary/aromatic N) is 3. The van der Waals surface area contributed by atoms with E-state index in [4.69, 9.17) is 21.1 Å². The zero-order valence-electron chi connectivity index (χ0n) is 16.0. The molecule has 7 nitrogen and oxygen atoms in total. The third-order valence-electron chi connectivity index (χ3n) is 5.20. The number of halogens is 1. The number of carbonyl (C=O) groups is 1. The van der Waals surface area contributed by atoms with Gasteiger partial charge in [0.2, 0.25) is 0 Å². The number of hydrogen-bond acceptors (Lipinski definition) is 5. The van der Waals surface area contributed by atoms with Crippen LogP contribution in [0.15, 0.2) is 42.5 Å². The van der Waals surface area contributed by atoms with Gasteiger partial charge in [0.1, 0.15) is 24.5 Å². The first-order valence-electron chi connectivity index (χ1n) is 9.32. The van der Waals surface area contributed by atoms with Gasteiger partial charge in [0, 0.05) is 18.8 Å². The molecule has 1 atom stereocenters. The number of ether oxygens (including phenoxy) is 2. The molecule has 0 aliphatic carbocycles. The van der Waals surface area contributed by atoms with Crippen molar-refractivity contribution < 1.29 is 14.3 Å². The van der Waals surface area contributed by atoms with E-state index in [0.29, 0.717) is 41.1 Å². The number of carbonyl (C=O) groups excluding carboxylic acids is 1. The van der Waals surface area contributed by atoms with Crippen LogP contribution in [0.25, 0.3) is 0 Å². The van der Waals surface area contributed by atoms with Crippen LogP contribution in [0, 0.1) is 6.92 Å². The maximum atomic E-state index is 13.5. The van der Waals surface area contributed by atoms with Gasteiger partial charge in [-0.05, 0) is 31.2 Å². The second kappa shape index (κ2) is 6.70. The molecule has 3 heterocycles. The molecular formula is C21H19ClN4O3. The van der Waals surface area contributed by atoms with E-state index >= 15 is 0 Å². The lowest BCUT2D eigenvalue weighted by Crippen LogP contribution is -2.43. The predicted molar refractivity (Wildman–Crippen MR) is 110 cm³/mol. The molecule has 29 heavy (non-hydrogen) atoms. The molecular weight excluding hydrogens is 392 g/mol. The fourth-order valence-corrected chi connectivity index (χ4v) is 4.14. The summed E-state index contributed by atoms with van der Waals surface area (Å²) in [4.78, 5) is 15.2. The van der Waals surface area contributed by atoms with Gasteiger partial charge < -0.3 is 14.8 Å². The minimum atomic E-state index is -0.513. The van der Waals surface area contributed by atoms with Crippen LogP contribution in [-0.4, -0.2) is 28.9 Å². The fraction of sp³-hybridized carbons (Fsp3) is 0.238. The topological polar surface area (TPSA) is 68.6 Å². The molecule has 0 radical (unpaired) electrons. The largest absolute Gasteiger partial charge is 0.486 e. The molecule has 2 aliphatic heterocycles. The van der Waals surface area contributed by atoms with Crippen molar-refractivity contribution in [2.45, 2.75) is 13.1 Å². The molecule has 0 unspecified atom stereocenters. The number of fused-ring (bicyclic) bond motifs is 2. The van der Waals surface area contributed by atoms with Gasteiger partial charge in [-0.25, -0.2) is 0 Å². The van der Waals surface area contributed by atoms with Crippen LogP contribution >= 0.6 is 11.6 Å². The van der Waals surface area contributed by atoms with Crippen molar-refractivity contribution in [3.05, 3.63) is 64.4 Å². The Morgan fingerprint density at radius 2 is 1.90 bits per heavy atom. The van der Waals surface area contributed by atoms with Crippen LogP contribution in [0.3, 0.4) is 0 Å². The van der Waals surface area contributed by atoms with Crippen molar-refractivity contribution in [3.8, 4) is 11.5 Å². The fourth-order valence-electron chi connectivity index (χ4n) is 3.86. The maximum Gasteiger partial charge on any atom is 0.262 e. The first-order chi connectivity index (χ1) is 14.0. The number of benzene rings is 2. The zero-order chi connectivity index (χ0) is 20.1. The van der Waals surface area contributed by atoms with Gasteiger partial charge in [-0.1, -0.05) is 23.7 Å². The number of aromatic nitrogens is 2. The van der Waals surface area contributed by atoms with Gasteiger partial charge >= 0.3 is 0 Å². The number of rotatable bonds is 2. The maximum absolute atomic E-state index is 13.5. The lowest BCUT2D eigenvalue weighted by atomic mass is 10.0. The van der Waals surface area contributed by atoms with E-state index in [1.54, 1.807) is 16.6 Å². The van der Waals surface area contributed by atoms with E-state index in [1.807, 2.05) is 49.4 Å². The Morgan fingerprint density at radius 3 is 2.66 bits per heavy atom. The summed E-state index contributed by atoms with van der Waals surface area (Å²) < 4.78 is 13.0. The monoisotopic (exact) mass is 410 g/mol. The van der Waals surface area contributed by atoms with Crippen LogP contribution in [0.5, 0.6) is 11.5 Å². The minimum absolute atomic E-state index is 0.125. The molecule has 148 valence electrons. The average molecular weight is 411 g/mol. The highest BCUT2D eigenvalue weighted by molar-refractivity contribution is 6.30. The Bertz CT molecular complexity index is 1130. The molecule has 2 aromatic carbocycles. The lowest BCUT2D eigenvalue weighted by molar-refractivity contribution is 0.0974. The average Bonchev–Trinajstić information content (AvgIpc) is 2.99. The highest BCUT2D eigenvalue weighted by Gasteiger charge is 2.37. The SMILES string of the molecule is Cc1nn(C)c(Cl)c1[C@H]1Nc2ccccc2C(=O)N1c1ccc2c(c1)OCCO2. The smallest absolute Gasteiger partial charge is 0.262 e. The van der Waals surface area contributed by atoms with E-state index in [9.17, 15) is 4.79 Å². The van der Waals surface area contributed by atoms with Gasteiger partial charge in [0.05, 0.1) is 22.5 Å². The summed E-state index contributed by atoms with van der Waals surface area (Å²) in [6, 6.07) is 13.0. The standard InChI is InChI=1S/C21H19ClN4O3/c1-12-18(19(22)25(2)24-12)20-23-15-6-4-3-5-14(15)21(27)26(20)13-7-8-16-17(11-13)29-10-9-28-16/h3-8,11,20,23H,9-10H2,1-2H3/t20-/m0/s1. The van der Waals surface area contributed by atoms with Crippen LogP contribution in [-0.2, 0) is 7.05 Å². The number of anilines is 2. The molecule has 0 bridgehead atoms. The second-order valence-electron chi connectivity index (χ2n) is 7.01. The summed E-state index contributed by atoms with van der Waals surface area (Å²) in [6.45, 7) is 2.87. The third kappa shape index (κ3) is 2.81. The highest BCUT2D eigenvalue weighted by Crippen LogP contribution is 2.42. The van der Waals surface area contributed by atoms with Crippen LogP contribution in [0.4, 0.5) is 11.4 Å². The van der Waals surface area contributed by atoms with E-state index in [2.05, 4.69) is 10.4 Å². The number of amides is 1. The van der Waals surface area contributed by atoms with Gasteiger partial charge in [-0.2, -0.15) is 5.10 Å². The third-order valence-corrected chi connectivity index (χ3v) is 5.65. The summed E-state index contributed by atoms with van der Waals surface area (Å²) in [5.41, 5.74) is 3.55. The first-order valence-corrected chi connectivity index (χ1v) is 9.70. The molecule has 0 saturated heterocycles. The van der Waals surface area contributed by atoms with E-state index in [-0.39, 0.29) is 5.91 Å². The number of nitrogens with one attached hydrogen (secondary N) is 1. The highest BCUT2D eigenvalue weighted by atomic mass is 35.5. The predicted octanol–water partition coefficient (Wildman–Crippen LogP) is 3.92. The van der Waals surface area contributed by atoms with Crippen LogP contribution in [0.1, 0.15) is 27.8 Å². The van der Waals surface area contributed by atoms with Crippen molar-refractivity contribution in [1.29, 1.82) is 0 Å². The summed E-state index contributed by atoms with van der Waals surface area (Å²) >= 11 is 6.57. The summed E-state index contributed by atoms with van der Waals surface area (Å²) in [5, 5.41) is 8.37. The Labute approximate surface area is 172 Å². The molecule has 0 fully saturated rings. The van der Waals surface area contributed by atoms with Gasteiger partial charge in [-0.15, -0.1) is 0 Å². The molecule has 3 aromatic rings. The summed E-state index contributed by atoms with van der Waals surface area (Å²) in [5.74, 6) is 1.17. The molecule has 1 aromatic heterocycles. The molecule has 1 amide bonds. The quantitative estimate of drug-likeness (QED) is 0.693. The summed E-state index contributed by atoms with van der Waals surface area (Å²) in [6.07, 6.45) is -0.513. The summed E-state index contributed by atoms with van der Waals surface area (Å²) in [7, 11) is 1.78. The van der Waals surface area contributed by atoms with Crippen molar-refractivity contribution in [2.24, 2.45) is 7.05 Å². The van der Waals surface area contributed by atoms with Crippen LogP contribution in [0.2, 0.25) is 5.15 Å². The molecule has 0 saturated carbocycles. The second-order valence-corrected chi connectivity index (χ2v) is 7.37. The molecule has 0 spiro atoms. The first kappa shape index (κ1) is 17.9. The Morgan fingerprint density at radius 1 is 1.14 bits per heavy atom. The van der Waals surface area contributed by atoms with E-state index < -0.39 is 6.17 Å². The number of hydrogen-bond donors (Lipinski definition) is 1. The minimum Gasteiger partial charge on any atom is -0.486 e. The van der Waals surface area contributed by atoms with Crippen LogP contribution < -0.4 is 19.7 Å². The molecule has 5 rings (SSSR count). The zero-order valence-corrected chi connectivity index (χ0v) is 16.7. The Kier molecular flexibility index (Phi) is 4.13. The number of para-hydroxylation sites is 1. The molecule has 8 heteroatoms.